The topological polar surface area (TPSA) is 70.7 Å². The van der Waals surface area contributed by atoms with Crippen LogP contribution < -0.4 is 10.0 Å². The van der Waals surface area contributed by atoms with Gasteiger partial charge in [0.25, 0.3) is 0 Å². The van der Waals surface area contributed by atoms with Crippen LogP contribution in [0.1, 0.15) is 6.92 Å². The Bertz CT molecular complexity index is 283. The second kappa shape index (κ2) is 8.82. The fourth-order valence-corrected chi connectivity index (χ4v) is 2.32. The van der Waals surface area contributed by atoms with E-state index in [1.807, 2.05) is 11.9 Å². The van der Waals surface area contributed by atoms with Crippen molar-refractivity contribution in [2.24, 2.45) is 0 Å². The summed E-state index contributed by atoms with van der Waals surface area (Å²) < 4.78 is 31.0. The number of sulfonamides is 1. The lowest BCUT2D eigenvalue weighted by Gasteiger charge is -2.18. The summed E-state index contributed by atoms with van der Waals surface area (Å²) in [5.41, 5.74) is 0. The zero-order valence-electron chi connectivity index (χ0n) is 11.2. The SMILES string of the molecule is CNCC(C)S(=O)(=O)NCCN(C)CCOC. The highest BCUT2D eigenvalue weighted by Gasteiger charge is 2.18. The largest absolute Gasteiger partial charge is 0.383 e. The third-order valence-corrected chi connectivity index (χ3v) is 4.33. The van der Waals surface area contributed by atoms with Gasteiger partial charge < -0.3 is 15.0 Å². The van der Waals surface area contributed by atoms with Gasteiger partial charge in [-0.1, -0.05) is 0 Å². The maximum absolute atomic E-state index is 11.7. The Morgan fingerprint density at radius 3 is 2.53 bits per heavy atom. The molecule has 0 saturated carbocycles. The van der Waals surface area contributed by atoms with Crippen LogP contribution in [0, 0.1) is 0 Å². The van der Waals surface area contributed by atoms with Crippen LogP contribution in [0.2, 0.25) is 0 Å². The van der Waals surface area contributed by atoms with Crippen molar-refractivity contribution in [2.45, 2.75) is 12.2 Å². The summed E-state index contributed by atoms with van der Waals surface area (Å²) in [6, 6.07) is 0. The van der Waals surface area contributed by atoms with Crippen molar-refractivity contribution < 1.29 is 13.2 Å². The van der Waals surface area contributed by atoms with E-state index in [-0.39, 0.29) is 0 Å². The number of hydrogen-bond acceptors (Lipinski definition) is 5. The van der Waals surface area contributed by atoms with Crippen molar-refractivity contribution in [1.29, 1.82) is 0 Å². The molecule has 0 aromatic rings. The molecule has 0 spiro atoms. The summed E-state index contributed by atoms with van der Waals surface area (Å²) >= 11 is 0. The molecular weight excluding hydrogens is 242 g/mol. The number of nitrogens with one attached hydrogen (secondary N) is 2. The van der Waals surface area contributed by atoms with Crippen LogP contribution >= 0.6 is 0 Å². The molecule has 0 rings (SSSR count). The predicted molar refractivity (Wildman–Crippen MR) is 69.7 cm³/mol. The molecule has 0 saturated heterocycles. The summed E-state index contributed by atoms with van der Waals surface area (Å²) in [6.07, 6.45) is 0. The molecule has 1 unspecified atom stereocenters. The molecule has 0 radical (unpaired) electrons. The van der Waals surface area contributed by atoms with Crippen LogP contribution in [0.4, 0.5) is 0 Å². The van der Waals surface area contributed by atoms with Crippen LogP contribution in [0.5, 0.6) is 0 Å². The third kappa shape index (κ3) is 7.67. The Morgan fingerprint density at radius 2 is 2.00 bits per heavy atom. The Morgan fingerprint density at radius 1 is 1.35 bits per heavy atom. The fourth-order valence-electron chi connectivity index (χ4n) is 1.28. The lowest BCUT2D eigenvalue weighted by Crippen LogP contribution is -2.41. The van der Waals surface area contributed by atoms with Crippen molar-refractivity contribution in [1.82, 2.24) is 14.9 Å². The molecule has 0 amide bonds. The van der Waals surface area contributed by atoms with Crippen LogP contribution in [0.15, 0.2) is 0 Å². The first-order chi connectivity index (χ1) is 7.94. The van der Waals surface area contributed by atoms with Crippen molar-refractivity contribution >= 4 is 10.0 Å². The monoisotopic (exact) mass is 267 g/mol. The van der Waals surface area contributed by atoms with Crippen LogP contribution in [0.3, 0.4) is 0 Å². The van der Waals surface area contributed by atoms with Gasteiger partial charge >= 0.3 is 0 Å². The molecule has 0 aromatic heterocycles. The van der Waals surface area contributed by atoms with E-state index < -0.39 is 15.3 Å². The standard InChI is InChI=1S/C10H25N3O3S/c1-10(9-11-2)17(14,15)12-5-6-13(3)7-8-16-4/h10-12H,5-9H2,1-4H3. The first kappa shape index (κ1) is 16.8. The minimum atomic E-state index is -3.21. The zero-order valence-corrected chi connectivity index (χ0v) is 12.0. The van der Waals surface area contributed by atoms with Crippen LogP contribution in [-0.2, 0) is 14.8 Å². The van der Waals surface area contributed by atoms with Crippen LogP contribution in [0.25, 0.3) is 0 Å². The molecular formula is C10H25N3O3S. The number of methoxy groups -OCH3 is 1. The van der Waals surface area contributed by atoms with E-state index in [4.69, 9.17) is 4.74 Å². The number of rotatable bonds is 10. The van der Waals surface area contributed by atoms with Gasteiger partial charge in [0, 0.05) is 33.3 Å². The molecule has 1 atom stereocenters. The Hall–Kier alpha value is -0.210. The third-order valence-electron chi connectivity index (χ3n) is 2.50. The van der Waals surface area contributed by atoms with Crippen molar-refractivity contribution in [3.05, 3.63) is 0 Å². The van der Waals surface area contributed by atoms with Gasteiger partial charge in [0.05, 0.1) is 11.9 Å². The Balaban J connectivity index is 3.86. The van der Waals surface area contributed by atoms with Gasteiger partial charge in [-0.25, -0.2) is 13.1 Å². The highest BCUT2D eigenvalue weighted by atomic mass is 32.2. The number of ether oxygens (including phenoxy) is 1. The molecule has 0 bridgehead atoms. The fraction of sp³-hybridized carbons (Fsp3) is 1.00. The first-order valence-corrected chi connectivity index (χ1v) is 7.29. The van der Waals surface area contributed by atoms with E-state index in [1.165, 1.54) is 0 Å². The summed E-state index contributed by atoms with van der Waals surface area (Å²) in [4.78, 5) is 2.02. The second-order valence-corrected chi connectivity index (χ2v) is 6.29. The van der Waals surface area contributed by atoms with Gasteiger partial charge in [-0.2, -0.15) is 0 Å². The highest BCUT2D eigenvalue weighted by Crippen LogP contribution is 1.96. The van der Waals surface area contributed by atoms with Crippen LogP contribution in [-0.4, -0.2) is 72.6 Å². The van der Waals surface area contributed by atoms with Gasteiger partial charge in [-0.3, -0.25) is 0 Å². The zero-order chi connectivity index (χ0) is 13.3. The van der Waals surface area contributed by atoms with Crippen molar-refractivity contribution in [3.8, 4) is 0 Å². The molecule has 0 fully saturated rings. The molecule has 17 heavy (non-hydrogen) atoms. The van der Waals surface area contributed by atoms with E-state index >= 15 is 0 Å². The summed E-state index contributed by atoms with van der Waals surface area (Å²) in [6.45, 7) is 4.69. The number of likely N-dealkylation sites (N-methyl/N-ethyl adjacent to an activating group) is 1. The molecule has 104 valence electrons. The molecule has 0 aromatic carbocycles. The normalized spacial score (nSPS) is 14.2. The van der Waals surface area contributed by atoms with Gasteiger partial charge in [0.2, 0.25) is 10.0 Å². The second-order valence-electron chi connectivity index (χ2n) is 4.10. The minimum Gasteiger partial charge on any atom is -0.383 e. The van der Waals surface area contributed by atoms with Crippen molar-refractivity contribution in [2.75, 3.05) is 54.0 Å². The average Bonchev–Trinajstić information content (AvgIpc) is 2.26. The van der Waals surface area contributed by atoms with E-state index in [0.29, 0.717) is 26.2 Å². The van der Waals surface area contributed by atoms with E-state index in [9.17, 15) is 8.42 Å². The lowest BCUT2D eigenvalue weighted by atomic mass is 10.5. The molecule has 7 heteroatoms. The van der Waals surface area contributed by atoms with Crippen molar-refractivity contribution in [3.63, 3.8) is 0 Å². The highest BCUT2D eigenvalue weighted by molar-refractivity contribution is 7.90. The molecule has 2 N–H and O–H groups in total. The average molecular weight is 267 g/mol. The molecule has 0 aliphatic heterocycles. The summed E-state index contributed by atoms with van der Waals surface area (Å²) in [5.74, 6) is 0. The van der Waals surface area contributed by atoms with Gasteiger partial charge in [-0.05, 0) is 21.0 Å². The van der Waals surface area contributed by atoms with E-state index in [0.717, 1.165) is 6.54 Å². The molecule has 0 heterocycles. The van der Waals surface area contributed by atoms with Gasteiger partial charge in [0.1, 0.15) is 0 Å². The summed E-state index contributed by atoms with van der Waals surface area (Å²) in [5, 5.41) is 2.43. The maximum atomic E-state index is 11.7. The first-order valence-electron chi connectivity index (χ1n) is 5.74. The number of nitrogens with zero attached hydrogens (tertiary/aromatic N) is 1. The van der Waals surface area contributed by atoms with E-state index in [2.05, 4.69) is 10.0 Å². The lowest BCUT2D eigenvalue weighted by molar-refractivity contribution is 0.162. The molecule has 0 aliphatic carbocycles. The number of hydrogen-bond donors (Lipinski definition) is 2. The van der Waals surface area contributed by atoms with E-state index in [1.54, 1.807) is 21.1 Å². The minimum absolute atomic E-state index is 0.420. The van der Waals surface area contributed by atoms with Gasteiger partial charge in [0.15, 0.2) is 0 Å². The molecule has 0 aliphatic rings. The Kier molecular flexibility index (Phi) is 8.71. The smallest absolute Gasteiger partial charge is 0.215 e. The predicted octanol–water partition coefficient (Wildman–Crippen LogP) is -0.908. The quantitative estimate of drug-likeness (QED) is 0.536. The maximum Gasteiger partial charge on any atom is 0.215 e. The summed E-state index contributed by atoms with van der Waals surface area (Å²) in [7, 11) is 2.12. The Labute approximate surface area is 105 Å². The molecule has 6 nitrogen and oxygen atoms in total. The van der Waals surface area contributed by atoms with Gasteiger partial charge in [-0.15, -0.1) is 0 Å².